The fourth-order valence-corrected chi connectivity index (χ4v) is 3.59. The van der Waals surface area contributed by atoms with Crippen molar-refractivity contribution < 1.29 is 27.6 Å². The summed E-state index contributed by atoms with van der Waals surface area (Å²) in [6.45, 7) is 3.37. The van der Waals surface area contributed by atoms with E-state index in [0.29, 0.717) is 19.8 Å². The van der Waals surface area contributed by atoms with Gasteiger partial charge in [0.1, 0.15) is 19.1 Å². The average Bonchev–Trinajstić information content (AvgIpc) is 2.74. The molecule has 1 fully saturated rings. The van der Waals surface area contributed by atoms with E-state index in [-0.39, 0.29) is 17.5 Å². The first kappa shape index (κ1) is 22.1. The Morgan fingerprint density at radius 3 is 2.20 bits per heavy atom. The molecule has 0 saturated carbocycles. The van der Waals surface area contributed by atoms with Crippen LogP contribution in [0.5, 0.6) is 0 Å². The third-order valence-corrected chi connectivity index (χ3v) is 5.38. The summed E-state index contributed by atoms with van der Waals surface area (Å²) in [5.41, 5.74) is 1.63. The molecule has 1 saturated heterocycles. The first-order valence-electron chi connectivity index (χ1n) is 9.91. The number of nitrogens with zero attached hydrogens (tertiary/aromatic N) is 1. The summed E-state index contributed by atoms with van der Waals surface area (Å²) in [5.74, 6) is -0.383. The lowest BCUT2D eigenvalue weighted by molar-refractivity contribution is -0.937. The summed E-state index contributed by atoms with van der Waals surface area (Å²) in [6, 6.07) is 12.5. The molecule has 3 rings (SSSR count). The zero-order valence-electron chi connectivity index (χ0n) is 17.1. The lowest BCUT2D eigenvalue weighted by Gasteiger charge is -2.32. The first-order valence-corrected chi connectivity index (χ1v) is 9.91. The van der Waals surface area contributed by atoms with Crippen LogP contribution in [0.1, 0.15) is 27.5 Å². The summed E-state index contributed by atoms with van der Waals surface area (Å²) >= 11 is 0. The minimum Gasteiger partial charge on any atom is -0.378 e. The lowest BCUT2D eigenvalue weighted by Crippen LogP contribution is -3.15. The molecule has 2 aromatic rings. The van der Waals surface area contributed by atoms with Gasteiger partial charge in [-0.3, -0.25) is 4.79 Å². The van der Waals surface area contributed by atoms with Crippen LogP contribution in [0, 0.1) is 0 Å². The summed E-state index contributed by atoms with van der Waals surface area (Å²) < 4.78 is 43.7. The molecule has 162 valence electrons. The predicted octanol–water partition coefficient (Wildman–Crippen LogP) is 2.16. The number of hydrogen-bond acceptors (Lipinski definition) is 3. The summed E-state index contributed by atoms with van der Waals surface area (Å²) in [7, 11) is 3.95. The number of rotatable bonds is 6. The standard InChI is InChI=1S/C22H26F3N3O2/c1-27(2)19-9-5-16(6-10-19)20(28-11-13-30-14-12-28)15-26-21(29)17-3-7-18(8-4-17)22(23,24)25/h3-10,20H,11-15H2,1-2H3,(H,26,29)/p+1/t20-/m0/s1. The second-order valence-corrected chi connectivity index (χ2v) is 7.59. The predicted molar refractivity (Wildman–Crippen MR) is 109 cm³/mol. The molecular formula is C22H27F3N3O2+. The van der Waals surface area contributed by atoms with E-state index in [1.807, 2.05) is 31.1 Å². The van der Waals surface area contributed by atoms with Gasteiger partial charge < -0.3 is 19.9 Å². The quantitative estimate of drug-likeness (QED) is 0.750. The molecule has 1 heterocycles. The van der Waals surface area contributed by atoms with Crippen molar-refractivity contribution in [1.29, 1.82) is 0 Å². The number of carbonyl (C=O) groups excluding carboxylic acids is 1. The third-order valence-electron chi connectivity index (χ3n) is 5.38. The van der Waals surface area contributed by atoms with Crippen LogP contribution in [0.15, 0.2) is 48.5 Å². The number of hydrogen-bond donors (Lipinski definition) is 2. The monoisotopic (exact) mass is 422 g/mol. The van der Waals surface area contributed by atoms with Crippen molar-refractivity contribution in [2.24, 2.45) is 0 Å². The zero-order valence-corrected chi connectivity index (χ0v) is 17.1. The molecule has 2 aromatic carbocycles. The number of anilines is 1. The van der Waals surface area contributed by atoms with Crippen LogP contribution >= 0.6 is 0 Å². The number of quaternary nitrogens is 1. The molecule has 1 aliphatic rings. The summed E-state index contributed by atoms with van der Waals surface area (Å²) in [4.78, 5) is 15.9. The molecule has 5 nitrogen and oxygen atoms in total. The molecule has 8 heteroatoms. The Labute approximate surface area is 174 Å². The SMILES string of the molecule is CN(C)c1ccc([C@H](CNC(=O)c2ccc(C(F)(F)F)cc2)[NH+]2CCOCC2)cc1. The fourth-order valence-electron chi connectivity index (χ4n) is 3.59. The van der Waals surface area contributed by atoms with E-state index in [2.05, 4.69) is 17.4 Å². The normalized spacial score (nSPS) is 16.2. The van der Waals surface area contributed by atoms with Crippen LogP contribution in [-0.2, 0) is 10.9 Å². The number of alkyl halides is 3. The Bertz CT molecular complexity index is 830. The van der Waals surface area contributed by atoms with Crippen molar-refractivity contribution in [2.75, 3.05) is 51.8 Å². The van der Waals surface area contributed by atoms with Crippen LogP contribution in [0.3, 0.4) is 0 Å². The molecule has 30 heavy (non-hydrogen) atoms. The van der Waals surface area contributed by atoms with E-state index in [1.165, 1.54) is 17.0 Å². The fraction of sp³-hybridized carbons (Fsp3) is 0.409. The van der Waals surface area contributed by atoms with Crippen molar-refractivity contribution in [3.63, 3.8) is 0 Å². The topological polar surface area (TPSA) is 46.0 Å². The van der Waals surface area contributed by atoms with E-state index < -0.39 is 11.7 Å². The van der Waals surface area contributed by atoms with Gasteiger partial charge in [0.15, 0.2) is 0 Å². The van der Waals surface area contributed by atoms with E-state index in [0.717, 1.165) is 36.5 Å². The van der Waals surface area contributed by atoms with Crippen LogP contribution < -0.4 is 15.1 Å². The molecule has 0 unspecified atom stereocenters. The molecule has 0 bridgehead atoms. The van der Waals surface area contributed by atoms with Gasteiger partial charge in [0.25, 0.3) is 5.91 Å². The van der Waals surface area contributed by atoms with Gasteiger partial charge in [0, 0.05) is 30.9 Å². The van der Waals surface area contributed by atoms with Gasteiger partial charge in [0.2, 0.25) is 0 Å². The van der Waals surface area contributed by atoms with Gasteiger partial charge in [0.05, 0.1) is 25.3 Å². The van der Waals surface area contributed by atoms with Crippen LogP contribution in [0.4, 0.5) is 18.9 Å². The van der Waals surface area contributed by atoms with Crippen LogP contribution in [-0.4, -0.2) is 52.9 Å². The van der Waals surface area contributed by atoms with Gasteiger partial charge in [-0.15, -0.1) is 0 Å². The van der Waals surface area contributed by atoms with E-state index >= 15 is 0 Å². The highest BCUT2D eigenvalue weighted by atomic mass is 19.4. The Kier molecular flexibility index (Phi) is 6.99. The van der Waals surface area contributed by atoms with Crippen molar-refractivity contribution >= 4 is 11.6 Å². The molecule has 0 radical (unpaired) electrons. The zero-order chi connectivity index (χ0) is 21.7. The van der Waals surface area contributed by atoms with Gasteiger partial charge in [-0.2, -0.15) is 13.2 Å². The number of carbonyl (C=O) groups is 1. The molecular weight excluding hydrogens is 395 g/mol. The number of amides is 1. The average molecular weight is 422 g/mol. The smallest absolute Gasteiger partial charge is 0.378 e. The molecule has 0 spiro atoms. The Morgan fingerprint density at radius 1 is 1.07 bits per heavy atom. The largest absolute Gasteiger partial charge is 0.416 e. The molecule has 1 atom stereocenters. The Morgan fingerprint density at radius 2 is 1.67 bits per heavy atom. The third kappa shape index (κ3) is 5.52. The number of nitrogens with one attached hydrogen (secondary N) is 2. The van der Waals surface area contributed by atoms with Crippen LogP contribution in [0.25, 0.3) is 0 Å². The minimum absolute atomic E-state index is 0.0310. The lowest BCUT2D eigenvalue weighted by atomic mass is 10.0. The van der Waals surface area contributed by atoms with Gasteiger partial charge in [-0.1, -0.05) is 12.1 Å². The van der Waals surface area contributed by atoms with Gasteiger partial charge in [-0.25, -0.2) is 0 Å². The van der Waals surface area contributed by atoms with E-state index in [4.69, 9.17) is 4.74 Å². The highest BCUT2D eigenvalue weighted by Crippen LogP contribution is 2.29. The second-order valence-electron chi connectivity index (χ2n) is 7.59. The molecule has 2 N–H and O–H groups in total. The van der Waals surface area contributed by atoms with Crippen LogP contribution in [0.2, 0.25) is 0 Å². The number of benzene rings is 2. The first-order chi connectivity index (χ1) is 14.3. The second kappa shape index (κ2) is 9.49. The Hall–Kier alpha value is -2.58. The summed E-state index contributed by atoms with van der Waals surface area (Å²) in [5, 5.41) is 2.90. The Balaban J connectivity index is 1.72. The minimum atomic E-state index is -4.42. The maximum absolute atomic E-state index is 12.7. The molecule has 1 aliphatic heterocycles. The maximum Gasteiger partial charge on any atom is 0.416 e. The van der Waals surface area contributed by atoms with E-state index in [1.54, 1.807) is 0 Å². The van der Waals surface area contributed by atoms with Crippen molar-refractivity contribution in [3.8, 4) is 0 Å². The number of ether oxygens (including phenoxy) is 1. The van der Waals surface area contributed by atoms with Crippen molar-refractivity contribution in [3.05, 3.63) is 65.2 Å². The van der Waals surface area contributed by atoms with E-state index in [9.17, 15) is 18.0 Å². The molecule has 1 amide bonds. The molecule has 0 aromatic heterocycles. The highest BCUT2D eigenvalue weighted by Gasteiger charge is 2.30. The molecule has 0 aliphatic carbocycles. The number of morpholine rings is 1. The van der Waals surface area contributed by atoms with Gasteiger partial charge >= 0.3 is 6.18 Å². The van der Waals surface area contributed by atoms with Crippen molar-refractivity contribution in [2.45, 2.75) is 12.2 Å². The maximum atomic E-state index is 12.7. The summed E-state index contributed by atoms with van der Waals surface area (Å²) in [6.07, 6.45) is -4.42. The van der Waals surface area contributed by atoms with Crippen molar-refractivity contribution in [1.82, 2.24) is 5.32 Å². The number of halogens is 3. The highest BCUT2D eigenvalue weighted by molar-refractivity contribution is 5.94. The van der Waals surface area contributed by atoms with Gasteiger partial charge in [-0.05, 0) is 36.4 Å².